The van der Waals surface area contributed by atoms with E-state index in [9.17, 15) is 0 Å². The molecule has 3 aromatic rings. The zero-order valence-electron chi connectivity index (χ0n) is 10.4. The van der Waals surface area contributed by atoms with Crippen LogP contribution in [0, 0.1) is 6.92 Å². The van der Waals surface area contributed by atoms with Crippen molar-refractivity contribution in [1.82, 2.24) is 4.98 Å². The maximum Gasteiger partial charge on any atom is 0.124 e. The minimum Gasteiger partial charge on any atom is -0.236 e. The van der Waals surface area contributed by atoms with Crippen LogP contribution in [0.15, 0.2) is 53.9 Å². The molecule has 0 aliphatic carbocycles. The molecule has 1 nitrogen and oxygen atoms in total. The van der Waals surface area contributed by atoms with E-state index in [1.807, 2.05) is 24.3 Å². The Hall–Kier alpha value is -1.64. The zero-order chi connectivity index (χ0) is 13.2. The lowest BCUT2D eigenvalue weighted by Crippen LogP contribution is -1.81. The van der Waals surface area contributed by atoms with Crippen molar-refractivity contribution in [2.75, 3.05) is 0 Å². The van der Waals surface area contributed by atoms with Crippen molar-refractivity contribution >= 4 is 22.9 Å². The molecule has 0 bridgehead atoms. The predicted octanol–water partition coefficient (Wildman–Crippen LogP) is 5.44. The van der Waals surface area contributed by atoms with Gasteiger partial charge in [0, 0.05) is 21.5 Å². The summed E-state index contributed by atoms with van der Waals surface area (Å²) in [6.07, 6.45) is 0. The number of hydrogen-bond donors (Lipinski definition) is 0. The number of thiazole rings is 1. The van der Waals surface area contributed by atoms with E-state index >= 15 is 0 Å². The second-order valence-electron chi connectivity index (χ2n) is 4.38. The summed E-state index contributed by atoms with van der Waals surface area (Å²) in [7, 11) is 0. The van der Waals surface area contributed by atoms with Crippen molar-refractivity contribution in [2.45, 2.75) is 6.92 Å². The van der Waals surface area contributed by atoms with Crippen molar-refractivity contribution in [2.24, 2.45) is 0 Å². The topological polar surface area (TPSA) is 12.9 Å². The smallest absolute Gasteiger partial charge is 0.124 e. The van der Waals surface area contributed by atoms with E-state index in [1.54, 1.807) is 11.3 Å². The van der Waals surface area contributed by atoms with Crippen molar-refractivity contribution in [3.8, 4) is 21.8 Å². The third kappa shape index (κ3) is 2.55. The highest BCUT2D eigenvalue weighted by Gasteiger charge is 2.08. The monoisotopic (exact) mass is 285 g/mol. The Morgan fingerprint density at radius 2 is 1.74 bits per heavy atom. The van der Waals surface area contributed by atoms with Crippen molar-refractivity contribution in [3.63, 3.8) is 0 Å². The van der Waals surface area contributed by atoms with E-state index in [2.05, 4.69) is 41.6 Å². The molecule has 0 atom stereocenters. The van der Waals surface area contributed by atoms with E-state index in [0.29, 0.717) is 0 Å². The fourth-order valence-electron chi connectivity index (χ4n) is 1.90. The summed E-state index contributed by atoms with van der Waals surface area (Å²) < 4.78 is 0. The summed E-state index contributed by atoms with van der Waals surface area (Å²) in [5.41, 5.74) is 4.32. The fourth-order valence-corrected chi connectivity index (χ4v) is 2.95. The van der Waals surface area contributed by atoms with Crippen LogP contribution < -0.4 is 0 Å². The van der Waals surface area contributed by atoms with Gasteiger partial charge in [0.25, 0.3) is 0 Å². The Bertz CT molecular complexity index is 701. The normalized spacial score (nSPS) is 10.6. The first-order valence-corrected chi connectivity index (χ1v) is 7.27. The molecule has 1 heterocycles. The second kappa shape index (κ2) is 5.16. The highest BCUT2D eigenvalue weighted by atomic mass is 35.5. The molecule has 94 valence electrons. The van der Waals surface area contributed by atoms with Gasteiger partial charge in [-0.25, -0.2) is 4.98 Å². The Morgan fingerprint density at radius 3 is 2.47 bits per heavy atom. The first-order chi connectivity index (χ1) is 9.24. The van der Waals surface area contributed by atoms with Gasteiger partial charge in [0.2, 0.25) is 0 Å². The summed E-state index contributed by atoms with van der Waals surface area (Å²) in [6, 6.07) is 16.2. The molecule has 0 aliphatic rings. The lowest BCUT2D eigenvalue weighted by molar-refractivity contribution is 1.39. The van der Waals surface area contributed by atoms with Crippen LogP contribution in [0.5, 0.6) is 0 Å². The SMILES string of the molecule is Cc1ccc(-c2nc(-c3ccccc3Cl)cs2)cc1. The minimum atomic E-state index is 0.739. The molecular formula is C16H12ClNS. The van der Waals surface area contributed by atoms with Gasteiger partial charge in [0.1, 0.15) is 5.01 Å². The maximum absolute atomic E-state index is 6.20. The lowest BCUT2D eigenvalue weighted by Gasteiger charge is -1.99. The van der Waals surface area contributed by atoms with Crippen LogP contribution in [0.1, 0.15) is 5.56 Å². The van der Waals surface area contributed by atoms with E-state index in [-0.39, 0.29) is 0 Å². The first kappa shape index (κ1) is 12.4. The number of halogens is 1. The first-order valence-electron chi connectivity index (χ1n) is 6.01. The zero-order valence-corrected chi connectivity index (χ0v) is 12.0. The molecular weight excluding hydrogens is 274 g/mol. The summed E-state index contributed by atoms with van der Waals surface area (Å²) in [4.78, 5) is 4.68. The van der Waals surface area contributed by atoms with Gasteiger partial charge >= 0.3 is 0 Å². The quantitative estimate of drug-likeness (QED) is 0.611. The largest absolute Gasteiger partial charge is 0.236 e. The van der Waals surface area contributed by atoms with E-state index in [4.69, 9.17) is 11.6 Å². The van der Waals surface area contributed by atoms with Crippen LogP contribution in [0.25, 0.3) is 21.8 Å². The van der Waals surface area contributed by atoms with Crippen molar-refractivity contribution in [3.05, 3.63) is 64.5 Å². The van der Waals surface area contributed by atoms with Crippen molar-refractivity contribution < 1.29 is 0 Å². The predicted molar refractivity (Wildman–Crippen MR) is 82.7 cm³/mol. The molecule has 0 saturated heterocycles. The van der Waals surface area contributed by atoms with Crippen molar-refractivity contribution in [1.29, 1.82) is 0 Å². The van der Waals surface area contributed by atoms with Gasteiger partial charge in [-0.1, -0.05) is 59.6 Å². The van der Waals surface area contributed by atoms with Gasteiger partial charge in [-0.3, -0.25) is 0 Å². The molecule has 1 aromatic heterocycles. The number of hydrogen-bond acceptors (Lipinski definition) is 2. The molecule has 0 N–H and O–H groups in total. The Labute approximate surface area is 121 Å². The van der Waals surface area contributed by atoms with Crippen LogP contribution in [0.4, 0.5) is 0 Å². The standard InChI is InChI=1S/C16H12ClNS/c1-11-6-8-12(9-7-11)16-18-15(10-19-16)13-4-2-3-5-14(13)17/h2-10H,1H3. The molecule has 3 rings (SSSR count). The van der Waals surface area contributed by atoms with E-state index in [1.165, 1.54) is 5.56 Å². The van der Waals surface area contributed by atoms with Crippen LogP contribution in [-0.2, 0) is 0 Å². The summed E-state index contributed by atoms with van der Waals surface area (Å²) in [5, 5.41) is 3.81. The van der Waals surface area contributed by atoms with Gasteiger partial charge < -0.3 is 0 Å². The van der Waals surface area contributed by atoms with Crippen LogP contribution in [0.2, 0.25) is 5.02 Å². The van der Waals surface area contributed by atoms with E-state index < -0.39 is 0 Å². The Kier molecular flexibility index (Phi) is 3.36. The minimum absolute atomic E-state index is 0.739. The molecule has 0 saturated carbocycles. The van der Waals surface area contributed by atoms with Gasteiger partial charge in [0.15, 0.2) is 0 Å². The van der Waals surface area contributed by atoms with Gasteiger partial charge in [-0.05, 0) is 13.0 Å². The molecule has 0 aliphatic heterocycles. The second-order valence-corrected chi connectivity index (χ2v) is 5.65. The Balaban J connectivity index is 2.00. The number of aryl methyl sites for hydroxylation is 1. The molecule has 2 aromatic carbocycles. The third-order valence-electron chi connectivity index (χ3n) is 2.95. The molecule has 0 fully saturated rings. The van der Waals surface area contributed by atoms with Gasteiger partial charge in [-0.15, -0.1) is 11.3 Å². The van der Waals surface area contributed by atoms with Gasteiger partial charge in [-0.2, -0.15) is 0 Å². The summed E-state index contributed by atoms with van der Waals surface area (Å²) in [5.74, 6) is 0. The molecule has 0 amide bonds. The molecule has 0 unspecified atom stereocenters. The Morgan fingerprint density at radius 1 is 1.00 bits per heavy atom. The summed E-state index contributed by atoms with van der Waals surface area (Å²) >= 11 is 7.84. The molecule has 3 heteroatoms. The number of aromatic nitrogens is 1. The van der Waals surface area contributed by atoms with Gasteiger partial charge in [0.05, 0.1) is 5.69 Å². The van der Waals surface area contributed by atoms with Crippen LogP contribution >= 0.6 is 22.9 Å². The molecule has 0 spiro atoms. The van der Waals surface area contributed by atoms with E-state index in [0.717, 1.165) is 26.9 Å². The molecule has 0 radical (unpaired) electrons. The number of benzene rings is 2. The fraction of sp³-hybridized carbons (Fsp3) is 0.0625. The average Bonchev–Trinajstić information content (AvgIpc) is 2.89. The number of rotatable bonds is 2. The third-order valence-corrected chi connectivity index (χ3v) is 4.17. The molecule has 19 heavy (non-hydrogen) atoms. The van der Waals surface area contributed by atoms with Crippen LogP contribution in [-0.4, -0.2) is 4.98 Å². The highest BCUT2D eigenvalue weighted by molar-refractivity contribution is 7.13. The average molecular weight is 286 g/mol. The maximum atomic E-state index is 6.20. The summed E-state index contributed by atoms with van der Waals surface area (Å²) in [6.45, 7) is 2.08. The lowest BCUT2D eigenvalue weighted by atomic mass is 10.1. The number of nitrogens with zero attached hydrogens (tertiary/aromatic N) is 1. The highest BCUT2D eigenvalue weighted by Crippen LogP contribution is 2.32. The van der Waals surface area contributed by atoms with Crippen LogP contribution in [0.3, 0.4) is 0 Å².